The Morgan fingerprint density at radius 2 is 1.88 bits per heavy atom. The lowest BCUT2D eigenvalue weighted by Gasteiger charge is -2.19. The lowest BCUT2D eigenvalue weighted by Crippen LogP contribution is -2.27. The minimum Gasteiger partial charge on any atom is -0.340 e. The summed E-state index contributed by atoms with van der Waals surface area (Å²) in [7, 11) is 0. The number of nitriles is 1. The molecule has 1 N–H and O–H groups in total. The molecule has 4 heterocycles. The molecule has 0 aliphatic rings. The van der Waals surface area contributed by atoms with Crippen LogP contribution < -0.4 is 5.56 Å². The monoisotopic (exact) mass is 563 g/mol. The maximum absolute atomic E-state index is 13.7. The number of aromatic amines is 1. The molecular weight excluding hydrogens is 545 g/mol. The zero-order valence-electron chi connectivity index (χ0n) is 21.2. The lowest BCUT2D eigenvalue weighted by molar-refractivity contribution is 0.536. The largest absolute Gasteiger partial charge is 0.340 e. The van der Waals surface area contributed by atoms with Gasteiger partial charge in [-0.1, -0.05) is 23.7 Å². The number of hydrogen-bond donors (Lipinski definition) is 1. The van der Waals surface area contributed by atoms with Crippen LogP contribution in [0.1, 0.15) is 23.0 Å². The molecule has 2 aromatic carbocycles. The van der Waals surface area contributed by atoms with E-state index >= 15 is 0 Å². The molecule has 0 radical (unpaired) electrons. The molecule has 0 amide bonds. The number of nitrogens with one attached hydrogen (secondary N) is 1. The number of tetrazole rings is 1. The minimum atomic E-state index is -0.554. The summed E-state index contributed by atoms with van der Waals surface area (Å²) in [4.78, 5) is 25.6. The Balaban J connectivity index is 1.42. The fourth-order valence-electron chi connectivity index (χ4n) is 4.60. The summed E-state index contributed by atoms with van der Waals surface area (Å²) in [5.41, 5.74) is 4.22. The maximum Gasteiger partial charge on any atom is 0.251 e. The zero-order valence-corrected chi connectivity index (χ0v) is 21.9. The van der Waals surface area contributed by atoms with Crippen LogP contribution in [0.2, 0.25) is 5.02 Å². The summed E-state index contributed by atoms with van der Waals surface area (Å²) in [6.45, 7) is 0. The van der Waals surface area contributed by atoms with Crippen LogP contribution in [0.5, 0.6) is 0 Å². The third-order valence-electron chi connectivity index (χ3n) is 6.58. The number of aromatic nitrogens is 8. The summed E-state index contributed by atoms with van der Waals surface area (Å²) >= 11 is 6.30. The van der Waals surface area contributed by atoms with Gasteiger partial charge in [0.15, 0.2) is 0 Å². The number of imidazole rings is 1. The number of hydrogen-bond acceptors (Lipinski definition) is 7. The molecule has 0 saturated carbocycles. The molecule has 6 rings (SSSR count). The van der Waals surface area contributed by atoms with Gasteiger partial charge in [-0.2, -0.15) is 9.94 Å². The number of benzene rings is 2. The average molecular weight is 564 g/mol. The summed E-state index contributed by atoms with van der Waals surface area (Å²) in [6, 6.07) is 17.9. The van der Waals surface area contributed by atoms with Crippen molar-refractivity contribution in [2.75, 3.05) is 0 Å². The predicted molar refractivity (Wildman–Crippen MR) is 149 cm³/mol. The summed E-state index contributed by atoms with van der Waals surface area (Å²) in [6.07, 6.45) is 8.25. The highest BCUT2D eigenvalue weighted by molar-refractivity contribution is 6.31. The van der Waals surface area contributed by atoms with Crippen LogP contribution >= 0.6 is 11.6 Å². The molecule has 0 aliphatic carbocycles. The number of nitrogens with zero attached hydrogens (tertiary/aromatic N) is 8. The molecule has 0 aliphatic heterocycles. The van der Waals surface area contributed by atoms with Gasteiger partial charge in [0, 0.05) is 47.2 Å². The van der Waals surface area contributed by atoms with Crippen molar-refractivity contribution in [2.24, 2.45) is 0 Å². The quantitative estimate of drug-likeness (QED) is 0.296. The molecule has 6 aromatic rings. The van der Waals surface area contributed by atoms with Crippen LogP contribution in [0.3, 0.4) is 0 Å². The third kappa shape index (κ3) is 5.36. The highest BCUT2D eigenvalue weighted by Crippen LogP contribution is 2.30. The van der Waals surface area contributed by atoms with Crippen LogP contribution in [0.25, 0.3) is 28.1 Å². The van der Waals surface area contributed by atoms with E-state index in [9.17, 15) is 14.4 Å². The van der Waals surface area contributed by atoms with Gasteiger partial charge in [0.25, 0.3) is 5.56 Å². The first-order chi connectivity index (χ1) is 20.0. The Kier molecular flexibility index (Phi) is 6.89. The molecule has 0 spiro atoms. The molecule has 0 fully saturated rings. The normalized spacial score (nSPS) is 11.7. The van der Waals surface area contributed by atoms with Crippen molar-refractivity contribution in [2.45, 2.75) is 12.5 Å². The first-order valence-electron chi connectivity index (χ1n) is 12.4. The number of rotatable bonds is 7. The van der Waals surface area contributed by atoms with E-state index in [2.05, 4.69) is 36.5 Å². The second-order valence-corrected chi connectivity index (χ2v) is 9.62. The van der Waals surface area contributed by atoms with Gasteiger partial charge in [-0.25, -0.2) is 9.37 Å². The molecule has 200 valence electrons. The van der Waals surface area contributed by atoms with E-state index in [0.29, 0.717) is 50.9 Å². The Morgan fingerprint density at radius 1 is 1.02 bits per heavy atom. The highest BCUT2D eigenvalue weighted by Gasteiger charge is 2.21. The van der Waals surface area contributed by atoms with Crippen molar-refractivity contribution in [1.82, 2.24) is 39.7 Å². The second-order valence-electron chi connectivity index (χ2n) is 9.18. The van der Waals surface area contributed by atoms with Crippen molar-refractivity contribution in [3.8, 4) is 34.1 Å². The van der Waals surface area contributed by atoms with Crippen molar-refractivity contribution in [3.63, 3.8) is 0 Å². The van der Waals surface area contributed by atoms with Gasteiger partial charge >= 0.3 is 0 Å². The Morgan fingerprint density at radius 3 is 2.63 bits per heavy atom. The SMILES string of the molecule is N#Cc1cncc(-c2cnc(C(Cc3ccc(F)cc3)n3ccc(-c4cc(Cl)ccc4-n4cnnn4)cc3=O)[nH]2)c1. The van der Waals surface area contributed by atoms with Crippen LogP contribution in [0, 0.1) is 17.1 Å². The van der Waals surface area contributed by atoms with Crippen molar-refractivity contribution < 1.29 is 4.39 Å². The Hall–Kier alpha value is -5.47. The predicted octanol–water partition coefficient (Wildman–Crippen LogP) is 4.77. The molecule has 1 unspecified atom stereocenters. The lowest BCUT2D eigenvalue weighted by atomic mass is 10.0. The van der Waals surface area contributed by atoms with Gasteiger partial charge in [-0.3, -0.25) is 9.78 Å². The van der Waals surface area contributed by atoms with Crippen LogP contribution in [0.15, 0.2) is 96.6 Å². The van der Waals surface area contributed by atoms with Gasteiger partial charge < -0.3 is 9.55 Å². The average Bonchev–Trinajstić information content (AvgIpc) is 3.70. The molecule has 1 atom stereocenters. The van der Waals surface area contributed by atoms with E-state index in [1.54, 1.807) is 59.6 Å². The summed E-state index contributed by atoms with van der Waals surface area (Å²) in [5, 5.41) is 21.1. The van der Waals surface area contributed by atoms with Crippen LogP contribution in [-0.2, 0) is 6.42 Å². The Bertz CT molecular complexity index is 1940. The topological polar surface area (TPSA) is 131 Å². The minimum absolute atomic E-state index is 0.289. The van der Waals surface area contributed by atoms with Crippen molar-refractivity contribution >= 4 is 11.6 Å². The van der Waals surface area contributed by atoms with E-state index in [0.717, 1.165) is 5.56 Å². The first kappa shape index (κ1) is 25.8. The zero-order chi connectivity index (χ0) is 28.3. The third-order valence-corrected chi connectivity index (χ3v) is 6.82. The number of halogens is 2. The molecule has 4 aromatic heterocycles. The van der Waals surface area contributed by atoms with Gasteiger partial charge in [0.2, 0.25) is 0 Å². The standard InChI is InChI=1S/C29H19ClFN9O/c30-22-3-6-26(40-17-35-37-38-40)24(12-22)20-7-8-39(28(41)11-20)27(10-18-1-4-23(31)5-2-18)29-34-16-25(36-29)21-9-19(13-32)14-33-15-21/h1-9,11-12,14-17,27H,10H2,(H,34,36). The summed E-state index contributed by atoms with van der Waals surface area (Å²) in [5.74, 6) is 0.163. The smallest absolute Gasteiger partial charge is 0.251 e. The highest BCUT2D eigenvalue weighted by atomic mass is 35.5. The van der Waals surface area contributed by atoms with E-state index in [1.165, 1.54) is 35.4 Å². The van der Waals surface area contributed by atoms with Gasteiger partial charge in [0.1, 0.15) is 24.0 Å². The number of H-pyrrole nitrogens is 1. The summed E-state index contributed by atoms with van der Waals surface area (Å²) < 4.78 is 16.7. The number of pyridine rings is 2. The molecule has 0 saturated heterocycles. The van der Waals surface area contributed by atoms with Gasteiger partial charge in [-0.05, 0) is 64.0 Å². The fraction of sp³-hybridized carbons (Fsp3) is 0.0690. The van der Waals surface area contributed by atoms with E-state index in [1.807, 2.05) is 6.07 Å². The first-order valence-corrected chi connectivity index (χ1v) is 12.8. The van der Waals surface area contributed by atoms with E-state index in [4.69, 9.17) is 11.6 Å². The molecule has 41 heavy (non-hydrogen) atoms. The molecule has 10 nitrogen and oxygen atoms in total. The fourth-order valence-corrected chi connectivity index (χ4v) is 4.77. The van der Waals surface area contributed by atoms with Crippen molar-refractivity contribution in [3.05, 3.63) is 130 Å². The molecule has 12 heteroatoms. The maximum atomic E-state index is 13.7. The molecule has 0 bridgehead atoms. The van der Waals surface area contributed by atoms with Crippen LogP contribution in [-0.4, -0.2) is 39.7 Å². The van der Waals surface area contributed by atoms with Crippen molar-refractivity contribution in [1.29, 1.82) is 5.26 Å². The van der Waals surface area contributed by atoms with Gasteiger partial charge in [-0.15, -0.1) is 5.10 Å². The van der Waals surface area contributed by atoms with Crippen LogP contribution in [0.4, 0.5) is 4.39 Å². The Labute approximate surface area is 237 Å². The molecular formula is C29H19ClFN9O. The van der Waals surface area contributed by atoms with Gasteiger partial charge in [0.05, 0.1) is 29.2 Å². The second kappa shape index (κ2) is 11.0. The van der Waals surface area contributed by atoms with E-state index < -0.39 is 6.04 Å². The van der Waals surface area contributed by atoms with E-state index in [-0.39, 0.29) is 11.4 Å².